The van der Waals surface area contributed by atoms with E-state index in [2.05, 4.69) is 17.4 Å². The minimum atomic E-state index is 0.115. The lowest BCUT2D eigenvalue weighted by Gasteiger charge is -2.14. The molecule has 2 rings (SSSR count). The zero-order valence-electron chi connectivity index (χ0n) is 11.8. The third-order valence-corrected chi connectivity index (χ3v) is 3.59. The number of rotatable bonds is 5. The highest BCUT2D eigenvalue weighted by Gasteiger charge is 2.05. The molecule has 0 spiro atoms. The molecule has 0 radical (unpaired) electrons. The van der Waals surface area contributed by atoms with E-state index in [0.29, 0.717) is 5.56 Å². The number of nitrogens with two attached hydrogens (primary N) is 1. The zero-order valence-corrected chi connectivity index (χ0v) is 12.5. The molecule has 0 aromatic heterocycles. The van der Waals surface area contributed by atoms with E-state index in [1.807, 2.05) is 48.5 Å². The van der Waals surface area contributed by atoms with Crippen LogP contribution in [0.5, 0.6) is 0 Å². The van der Waals surface area contributed by atoms with Gasteiger partial charge in [0.2, 0.25) is 0 Å². The molecular weight excluding hydrogens is 286 g/mol. The first-order chi connectivity index (χ1) is 10.1. The van der Waals surface area contributed by atoms with Crippen LogP contribution in [0.1, 0.15) is 29.7 Å². The van der Waals surface area contributed by atoms with Gasteiger partial charge < -0.3 is 16.3 Å². The molecule has 0 heterocycles. The Labute approximate surface area is 129 Å². The summed E-state index contributed by atoms with van der Waals surface area (Å²) >= 11 is 5.88. The van der Waals surface area contributed by atoms with Crippen molar-refractivity contribution in [1.29, 1.82) is 0 Å². The first-order valence-corrected chi connectivity index (χ1v) is 7.03. The van der Waals surface area contributed by atoms with E-state index in [9.17, 15) is 0 Å². The summed E-state index contributed by atoms with van der Waals surface area (Å²) in [5.41, 5.74) is 8.55. The van der Waals surface area contributed by atoms with Gasteiger partial charge in [0.15, 0.2) is 5.84 Å². The van der Waals surface area contributed by atoms with Crippen molar-refractivity contribution in [2.24, 2.45) is 10.9 Å². The molecule has 2 aromatic rings. The number of nitrogens with zero attached hydrogens (tertiary/aromatic N) is 1. The quantitative estimate of drug-likeness (QED) is 0.343. The summed E-state index contributed by atoms with van der Waals surface area (Å²) in [4.78, 5) is 0. The largest absolute Gasteiger partial charge is 0.409 e. The van der Waals surface area contributed by atoms with Gasteiger partial charge >= 0.3 is 0 Å². The van der Waals surface area contributed by atoms with Gasteiger partial charge in [-0.15, -0.1) is 0 Å². The van der Waals surface area contributed by atoms with Gasteiger partial charge in [0.05, 0.1) is 0 Å². The van der Waals surface area contributed by atoms with E-state index >= 15 is 0 Å². The Kier molecular flexibility index (Phi) is 5.20. The predicted molar refractivity (Wildman–Crippen MR) is 85.7 cm³/mol. The summed E-state index contributed by atoms with van der Waals surface area (Å²) in [5, 5.41) is 15.8. The minimum Gasteiger partial charge on any atom is -0.409 e. The van der Waals surface area contributed by atoms with E-state index in [0.717, 1.165) is 17.1 Å². The number of hydrogen-bond acceptors (Lipinski definition) is 3. The molecule has 1 atom stereocenters. The molecule has 0 fully saturated rings. The van der Waals surface area contributed by atoms with E-state index in [4.69, 9.17) is 22.5 Å². The van der Waals surface area contributed by atoms with Gasteiger partial charge in [0, 0.05) is 23.2 Å². The average Bonchev–Trinajstić information content (AvgIpc) is 2.53. The lowest BCUT2D eigenvalue weighted by atomic mass is 10.1. The number of oxime groups is 1. The SMILES string of the molecule is C[C@@H](NCc1ccc(/C(N)=N/O)cc1)c1ccc(Cl)cc1. The van der Waals surface area contributed by atoms with Gasteiger partial charge in [-0.2, -0.15) is 0 Å². The van der Waals surface area contributed by atoms with Gasteiger partial charge in [-0.05, 0) is 30.2 Å². The van der Waals surface area contributed by atoms with Crippen molar-refractivity contribution in [2.45, 2.75) is 19.5 Å². The fourth-order valence-electron chi connectivity index (χ4n) is 1.99. The molecule has 0 aliphatic carbocycles. The number of nitrogens with one attached hydrogen (secondary N) is 1. The fourth-order valence-corrected chi connectivity index (χ4v) is 2.12. The highest BCUT2D eigenvalue weighted by molar-refractivity contribution is 6.30. The summed E-state index contributed by atoms with van der Waals surface area (Å²) in [6, 6.07) is 15.6. The molecule has 0 unspecified atom stereocenters. The Morgan fingerprint density at radius 1 is 1.19 bits per heavy atom. The third kappa shape index (κ3) is 4.21. The van der Waals surface area contributed by atoms with Crippen molar-refractivity contribution in [3.05, 3.63) is 70.2 Å². The highest BCUT2D eigenvalue weighted by Crippen LogP contribution is 2.16. The zero-order chi connectivity index (χ0) is 15.2. The third-order valence-electron chi connectivity index (χ3n) is 3.34. The molecule has 2 aromatic carbocycles. The minimum absolute atomic E-state index is 0.115. The van der Waals surface area contributed by atoms with Gasteiger partial charge in [-0.1, -0.05) is 53.2 Å². The number of halogens is 1. The molecule has 4 N–H and O–H groups in total. The van der Waals surface area contributed by atoms with Crippen molar-refractivity contribution in [1.82, 2.24) is 5.32 Å². The monoisotopic (exact) mass is 303 g/mol. The lowest BCUT2D eigenvalue weighted by Crippen LogP contribution is -2.18. The number of benzene rings is 2. The van der Waals surface area contributed by atoms with Crippen LogP contribution < -0.4 is 11.1 Å². The Bertz CT molecular complexity index is 608. The first-order valence-electron chi connectivity index (χ1n) is 6.66. The number of hydrogen-bond donors (Lipinski definition) is 3. The Balaban J connectivity index is 1.95. The molecule has 0 aliphatic rings. The topological polar surface area (TPSA) is 70.6 Å². The van der Waals surface area contributed by atoms with E-state index < -0.39 is 0 Å². The molecule has 5 heteroatoms. The van der Waals surface area contributed by atoms with Gasteiger partial charge in [-0.25, -0.2) is 0 Å². The molecule has 0 bridgehead atoms. The highest BCUT2D eigenvalue weighted by atomic mass is 35.5. The van der Waals surface area contributed by atoms with Crippen LogP contribution in [0.15, 0.2) is 53.7 Å². The van der Waals surface area contributed by atoms with Crippen molar-refractivity contribution in [3.8, 4) is 0 Å². The van der Waals surface area contributed by atoms with Crippen LogP contribution in [-0.4, -0.2) is 11.0 Å². The molecule has 0 aliphatic heterocycles. The first kappa shape index (κ1) is 15.4. The van der Waals surface area contributed by atoms with Crippen LogP contribution in [0, 0.1) is 0 Å². The second-order valence-corrected chi connectivity index (χ2v) is 5.27. The summed E-state index contributed by atoms with van der Waals surface area (Å²) < 4.78 is 0. The normalized spacial score (nSPS) is 13.1. The smallest absolute Gasteiger partial charge is 0.170 e. The summed E-state index contributed by atoms with van der Waals surface area (Å²) in [6.45, 7) is 2.84. The maximum Gasteiger partial charge on any atom is 0.170 e. The molecule has 21 heavy (non-hydrogen) atoms. The van der Waals surface area contributed by atoms with Crippen LogP contribution in [0.3, 0.4) is 0 Å². The maximum atomic E-state index is 8.62. The molecule has 110 valence electrons. The van der Waals surface area contributed by atoms with Crippen LogP contribution in [0.4, 0.5) is 0 Å². The van der Waals surface area contributed by atoms with Crippen LogP contribution >= 0.6 is 11.6 Å². The standard InChI is InChI=1S/C16H18ClN3O/c1-11(13-6-8-15(17)9-7-13)19-10-12-2-4-14(5-3-12)16(18)20-21/h2-9,11,19,21H,10H2,1H3,(H2,18,20)/t11-/m1/s1. The van der Waals surface area contributed by atoms with Gasteiger partial charge in [-0.3, -0.25) is 0 Å². The average molecular weight is 304 g/mol. The van der Waals surface area contributed by atoms with Gasteiger partial charge in [0.25, 0.3) is 0 Å². The Hall–Kier alpha value is -2.04. The summed E-state index contributed by atoms with van der Waals surface area (Å²) in [7, 11) is 0. The van der Waals surface area contributed by atoms with Crippen molar-refractivity contribution < 1.29 is 5.21 Å². The Morgan fingerprint density at radius 3 is 2.38 bits per heavy atom. The molecule has 0 saturated carbocycles. The lowest BCUT2D eigenvalue weighted by molar-refractivity contribution is 0.318. The fraction of sp³-hybridized carbons (Fsp3) is 0.188. The van der Waals surface area contributed by atoms with Crippen molar-refractivity contribution >= 4 is 17.4 Å². The summed E-state index contributed by atoms with van der Waals surface area (Å²) in [6.07, 6.45) is 0. The molecule has 0 saturated heterocycles. The Morgan fingerprint density at radius 2 is 1.81 bits per heavy atom. The van der Waals surface area contributed by atoms with Gasteiger partial charge in [0.1, 0.15) is 0 Å². The molecular formula is C16H18ClN3O. The maximum absolute atomic E-state index is 8.62. The molecule has 4 nitrogen and oxygen atoms in total. The van der Waals surface area contributed by atoms with E-state index in [1.54, 1.807) is 0 Å². The van der Waals surface area contributed by atoms with Crippen molar-refractivity contribution in [3.63, 3.8) is 0 Å². The van der Waals surface area contributed by atoms with E-state index in [1.165, 1.54) is 5.56 Å². The molecule has 0 amide bonds. The van der Waals surface area contributed by atoms with Crippen LogP contribution in [0.2, 0.25) is 5.02 Å². The predicted octanol–water partition coefficient (Wildman–Crippen LogP) is 3.29. The second-order valence-electron chi connectivity index (χ2n) is 4.84. The van der Waals surface area contributed by atoms with E-state index in [-0.39, 0.29) is 11.9 Å². The van der Waals surface area contributed by atoms with Crippen LogP contribution in [0.25, 0.3) is 0 Å². The summed E-state index contributed by atoms with van der Waals surface area (Å²) in [5.74, 6) is 0.115. The second kappa shape index (κ2) is 7.11. The van der Waals surface area contributed by atoms with Crippen molar-refractivity contribution in [2.75, 3.05) is 0 Å². The van der Waals surface area contributed by atoms with Crippen LogP contribution in [-0.2, 0) is 6.54 Å². The number of amidine groups is 1.